The Morgan fingerprint density at radius 2 is 1.81 bits per heavy atom. The molecule has 0 saturated heterocycles. The van der Waals surface area contributed by atoms with Gasteiger partial charge in [0.1, 0.15) is 0 Å². The van der Waals surface area contributed by atoms with E-state index in [9.17, 15) is 18.0 Å². The summed E-state index contributed by atoms with van der Waals surface area (Å²) in [5.41, 5.74) is 3.60. The van der Waals surface area contributed by atoms with Gasteiger partial charge in [0.15, 0.2) is 28.6 Å². The fraction of sp³-hybridized carbons (Fsp3) is 0.208. The van der Waals surface area contributed by atoms with Gasteiger partial charge in [-0.2, -0.15) is 18.3 Å². The normalized spacial score (nSPS) is 15.5. The molecule has 184 valence electrons. The molecule has 1 amide bonds. The van der Waals surface area contributed by atoms with Crippen LogP contribution in [0.4, 0.5) is 13.2 Å². The number of aromatic nitrogens is 3. The Morgan fingerprint density at radius 3 is 2.53 bits per heavy atom. The maximum absolute atomic E-state index is 13.1. The smallest absolute Gasteiger partial charge is 0.471 e. The second kappa shape index (κ2) is 7.77. The predicted octanol–water partition coefficient (Wildman–Crippen LogP) is 3.89. The van der Waals surface area contributed by atoms with Crippen molar-refractivity contribution < 1.29 is 36.9 Å². The third-order valence-electron chi connectivity index (χ3n) is 6.17. The molecule has 6 rings (SSSR count). The number of rotatable bonds is 4. The van der Waals surface area contributed by atoms with Gasteiger partial charge >= 0.3 is 12.1 Å². The largest absolute Gasteiger partial charge is 0.493 e. The van der Waals surface area contributed by atoms with Crippen LogP contribution in [0.1, 0.15) is 17.2 Å². The molecular formula is C24H17F3N4O5. The van der Waals surface area contributed by atoms with Crippen molar-refractivity contribution in [3.8, 4) is 45.4 Å². The number of fused-ring (bicyclic) bond motifs is 5. The molecule has 3 heterocycles. The number of alkyl halides is 3. The van der Waals surface area contributed by atoms with Crippen LogP contribution in [-0.4, -0.2) is 47.7 Å². The fourth-order valence-electron chi connectivity index (χ4n) is 4.50. The highest BCUT2D eigenvalue weighted by atomic mass is 19.4. The number of hydrogen-bond acceptors (Lipinski definition) is 7. The van der Waals surface area contributed by atoms with E-state index in [0.717, 1.165) is 5.56 Å². The molecule has 12 heteroatoms. The van der Waals surface area contributed by atoms with Crippen LogP contribution in [0.15, 0.2) is 42.7 Å². The van der Waals surface area contributed by atoms with E-state index in [1.165, 1.54) is 18.7 Å². The van der Waals surface area contributed by atoms with Crippen molar-refractivity contribution in [2.75, 3.05) is 21.0 Å². The number of hydrogen-bond donors (Lipinski definition) is 1. The second-order valence-electron chi connectivity index (χ2n) is 8.14. The summed E-state index contributed by atoms with van der Waals surface area (Å²) in [6, 6.07) is 7.48. The van der Waals surface area contributed by atoms with E-state index < -0.39 is 18.1 Å². The summed E-state index contributed by atoms with van der Waals surface area (Å²) < 4.78 is 62.4. The highest BCUT2D eigenvalue weighted by molar-refractivity contribution is 5.87. The molecule has 1 N–H and O–H groups in total. The van der Waals surface area contributed by atoms with Gasteiger partial charge in [-0.05, 0) is 35.4 Å². The van der Waals surface area contributed by atoms with Crippen LogP contribution in [0.3, 0.4) is 0 Å². The molecule has 2 aliphatic rings. The molecule has 0 fully saturated rings. The van der Waals surface area contributed by atoms with E-state index in [1.54, 1.807) is 36.7 Å². The summed E-state index contributed by atoms with van der Waals surface area (Å²) in [5, 5.41) is 6.44. The zero-order valence-electron chi connectivity index (χ0n) is 18.8. The summed E-state index contributed by atoms with van der Waals surface area (Å²) in [4.78, 5) is 16.7. The highest BCUT2D eigenvalue weighted by Gasteiger charge is 2.43. The number of ether oxygens (including phenoxy) is 4. The number of carbonyl (C=O) groups is 1. The lowest BCUT2D eigenvalue weighted by Gasteiger charge is -2.17. The van der Waals surface area contributed by atoms with Crippen molar-refractivity contribution in [2.45, 2.75) is 12.2 Å². The van der Waals surface area contributed by atoms with Crippen LogP contribution in [0, 0.1) is 0 Å². The van der Waals surface area contributed by atoms with Crippen LogP contribution in [-0.2, 0) is 4.79 Å². The highest BCUT2D eigenvalue weighted by Crippen LogP contribution is 2.49. The van der Waals surface area contributed by atoms with Gasteiger partial charge in [-0.1, -0.05) is 6.07 Å². The number of benzene rings is 2. The van der Waals surface area contributed by atoms with Crippen molar-refractivity contribution >= 4 is 11.6 Å². The van der Waals surface area contributed by atoms with E-state index in [0.29, 0.717) is 56.6 Å². The van der Waals surface area contributed by atoms with Crippen molar-refractivity contribution in [3.63, 3.8) is 0 Å². The molecule has 36 heavy (non-hydrogen) atoms. The third kappa shape index (κ3) is 3.28. The first-order valence-electron chi connectivity index (χ1n) is 10.7. The number of halogens is 3. The summed E-state index contributed by atoms with van der Waals surface area (Å²) >= 11 is 0. The van der Waals surface area contributed by atoms with Crippen LogP contribution in [0.2, 0.25) is 0 Å². The first kappa shape index (κ1) is 22.0. The molecule has 0 radical (unpaired) electrons. The van der Waals surface area contributed by atoms with Gasteiger partial charge in [-0.3, -0.25) is 4.79 Å². The maximum atomic E-state index is 13.1. The first-order chi connectivity index (χ1) is 17.3. The first-order valence-corrected chi connectivity index (χ1v) is 10.7. The van der Waals surface area contributed by atoms with Crippen LogP contribution < -0.4 is 24.3 Å². The van der Waals surface area contributed by atoms with Crippen LogP contribution in [0.25, 0.3) is 28.0 Å². The van der Waals surface area contributed by atoms with Crippen molar-refractivity contribution in [2.24, 2.45) is 0 Å². The molecule has 0 saturated carbocycles. The maximum Gasteiger partial charge on any atom is 0.471 e. The number of carbonyl (C=O) groups excluding carboxylic acids is 1. The summed E-state index contributed by atoms with van der Waals surface area (Å²) in [7, 11) is 3.06. The van der Waals surface area contributed by atoms with Gasteiger partial charge in [0.05, 0.1) is 32.2 Å². The molecule has 0 bridgehead atoms. The van der Waals surface area contributed by atoms with Crippen LogP contribution in [0.5, 0.6) is 23.0 Å². The average Bonchev–Trinajstić information content (AvgIpc) is 3.56. The molecule has 2 aromatic heterocycles. The van der Waals surface area contributed by atoms with Crippen LogP contribution >= 0.6 is 0 Å². The van der Waals surface area contributed by atoms with Crippen molar-refractivity contribution in [1.82, 2.24) is 19.9 Å². The average molecular weight is 498 g/mol. The predicted molar refractivity (Wildman–Crippen MR) is 119 cm³/mol. The van der Waals surface area contributed by atoms with Gasteiger partial charge < -0.3 is 24.3 Å². The Hall–Kier alpha value is -4.48. The minimum absolute atomic E-state index is 0.0107. The van der Waals surface area contributed by atoms with E-state index in [2.05, 4.69) is 10.4 Å². The standard InChI is InChI=1S/C24H17F3N4O5/c1-33-16-4-3-11(5-17(16)34-2)14-8-28-31-9-15-20(29-22(14)31)12-6-18-19(36-10-35-18)7-13(12)21(15)30-23(32)24(25,26)27/h3-9,21H,10H2,1-2H3,(H,30,32). The molecule has 2 aromatic carbocycles. The number of methoxy groups -OCH3 is 2. The zero-order chi connectivity index (χ0) is 25.2. The summed E-state index contributed by atoms with van der Waals surface area (Å²) in [6.07, 6.45) is -1.89. The Kier molecular flexibility index (Phi) is 4.75. The fourth-order valence-corrected chi connectivity index (χ4v) is 4.50. The second-order valence-corrected chi connectivity index (χ2v) is 8.14. The number of nitrogens with one attached hydrogen (secondary N) is 1. The molecule has 1 atom stereocenters. The molecule has 0 spiro atoms. The lowest BCUT2D eigenvalue weighted by atomic mass is 10.0. The molecule has 1 aliphatic carbocycles. The minimum Gasteiger partial charge on any atom is -0.493 e. The SMILES string of the molecule is COc1ccc(-c2cnn3cc4c(nc23)-c2cc3c(cc2C4NC(=O)C(F)(F)F)OCO3)cc1OC. The molecule has 4 aromatic rings. The van der Waals surface area contributed by atoms with Gasteiger partial charge in [0.25, 0.3) is 0 Å². The van der Waals surface area contributed by atoms with E-state index in [-0.39, 0.29) is 6.79 Å². The topological polar surface area (TPSA) is 96.2 Å². The van der Waals surface area contributed by atoms with E-state index >= 15 is 0 Å². The summed E-state index contributed by atoms with van der Waals surface area (Å²) in [6.45, 7) is -0.0107. The zero-order valence-corrected chi connectivity index (χ0v) is 18.8. The van der Waals surface area contributed by atoms with Crippen molar-refractivity contribution in [1.29, 1.82) is 0 Å². The molecular weight excluding hydrogens is 481 g/mol. The van der Waals surface area contributed by atoms with Gasteiger partial charge in [-0.15, -0.1) is 0 Å². The van der Waals surface area contributed by atoms with Gasteiger partial charge in [0.2, 0.25) is 6.79 Å². The number of amides is 1. The third-order valence-corrected chi connectivity index (χ3v) is 6.17. The van der Waals surface area contributed by atoms with Gasteiger partial charge in [-0.25, -0.2) is 9.50 Å². The molecule has 1 aliphatic heterocycles. The minimum atomic E-state index is -5.05. The monoisotopic (exact) mass is 498 g/mol. The Morgan fingerprint density at radius 1 is 1.06 bits per heavy atom. The molecule has 9 nitrogen and oxygen atoms in total. The number of nitrogens with zero attached hydrogens (tertiary/aromatic N) is 3. The Bertz CT molecular complexity index is 1550. The lowest BCUT2D eigenvalue weighted by Crippen LogP contribution is -2.39. The lowest BCUT2D eigenvalue weighted by molar-refractivity contribution is -0.174. The van der Waals surface area contributed by atoms with Gasteiger partial charge in [0, 0.05) is 22.9 Å². The van der Waals surface area contributed by atoms with E-state index in [1.807, 2.05) is 6.07 Å². The van der Waals surface area contributed by atoms with Crippen molar-refractivity contribution in [3.05, 3.63) is 53.9 Å². The Labute approximate surface area is 201 Å². The quantitative estimate of drug-likeness (QED) is 0.456. The Balaban J connectivity index is 1.52. The summed E-state index contributed by atoms with van der Waals surface area (Å²) in [5.74, 6) is -0.166. The van der Waals surface area contributed by atoms with E-state index in [4.69, 9.17) is 23.9 Å². The molecule has 1 unspecified atom stereocenters.